The van der Waals surface area contributed by atoms with Gasteiger partial charge in [-0.1, -0.05) is 0 Å². The fraction of sp³-hybridized carbons (Fsp3) is 0.0714. The largest absolute Gasteiger partial charge is 0.456 e. The highest BCUT2D eigenvalue weighted by molar-refractivity contribution is 5.97. The molecule has 5 nitrogen and oxygen atoms in total. The van der Waals surface area contributed by atoms with Crippen molar-refractivity contribution in [3.05, 3.63) is 47.8 Å². The maximum Gasteiger partial charge on any atom is 0.231 e. The third-order valence-electron chi connectivity index (χ3n) is 2.80. The van der Waals surface area contributed by atoms with E-state index in [2.05, 4.69) is 0 Å². The predicted molar refractivity (Wildman–Crippen MR) is 70.1 cm³/mol. The van der Waals surface area contributed by atoms with E-state index in [1.165, 1.54) is 12.1 Å². The molecule has 3 N–H and O–H groups in total. The van der Waals surface area contributed by atoms with Gasteiger partial charge in [0, 0.05) is 6.07 Å². The van der Waals surface area contributed by atoms with E-state index in [1.807, 2.05) is 0 Å². The second-order valence-electron chi connectivity index (χ2n) is 4.17. The van der Waals surface area contributed by atoms with Crippen molar-refractivity contribution in [2.24, 2.45) is 5.73 Å². The normalized spacial score (nSPS) is 12.2. The van der Waals surface area contributed by atoms with Crippen molar-refractivity contribution < 1.29 is 18.6 Å². The topological polar surface area (TPSA) is 77.6 Å². The van der Waals surface area contributed by atoms with Crippen molar-refractivity contribution >= 4 is 5.84 Å². The number of nitrogens with two attached hydrogens (primary N) is 1. The second kappa shape index (κ2) is 4.73. The van der Waals surface area contributed by atoms with Crippen molar-refractivity contribution in [2.75, 3.05) is 6.79 Å². The van der Waals surface area contributed by atoms with Crippen LogP contribution in [0.2, 0.25) is 0 Å². The lowest BCUT2D eigenvalue weighted by Gasteiger charge is -2.10. The Morgan fingerprint density at radius 1 is 1.15 bits per heavy atom. The van der Waals surface area contributed by atoms with Gasteiger partial charge in [-0.05, 0) is 30.3 Å². The van der Waals surface area contributed by atoms with Gasteiger partial charge in [-0.2, -0.15) is 0 Å². The molecule has 0 bridgehead atoms. The van der Waals surface area contributed by atoms with Crippen LogP contribution in [0, 0.1) is 11.2 Å². The zero-order valence-electron chi connectivity index (χ0n) is 10.4. The molecule has 0 atom stereocenters. The molecule has 0 saturated carbocycles. The quantitative estimate of drug-likeness (QED) is 0.666. The van der Waals surface area contributed by atoms with Crippen LogP contribution in [0.25, 0.3) is 0 Å². The van der Waals surface area contributed by atoms with E-state index in [9.17, 15) is 4.39 Å². The lowest BCUT2D eigenvalue weighted by molar-refractivity contribution is 0.174. The van der Waals surface area contributed by atoms with Gasteiger partial charge in [0.25, 0.3) is 0 Å². The fourth-order valence-corrected chi connectivity index (χ4v) is 1.87. The molecule has 1 heterocycles. The van der Waals surface area contributed by atoms with Crippen molar-refractivity contribution in [1.29, 1.82) is 5.41 Å². The van der Waals surface area contributed by atoms with E-state index >= 15 is 0 Å². The maximum absolute atomic E-state index is 13.2. The summed E-state index contributed by atoms with van der Waals surface area (Å²) in [4.78, 5) is 0. The molecule has 0 radical (unpaired) electrons. The highest BCUT2D eigenvalue weighted by Crippen LogP contribution is 2.37. The number of hydrogen-bond acceptors (Lipinski definition) is 4. The summed E-state index contributed by atoms with van der Waals surface area (Å²) < 4.78 is 29.3. The van der Waals surface area contributed by atoms with Crippen LogP contribution in [0.4, 0.5) is 4.39 Å². The first-order chi connectivity index (χ1) is 9.63. The fourth-order valence-electron chi connectivity index (χ4n) is 1.87. The summed E-state index contributed by atoms with van der Waals surface area (Å²) in [6.07, 6.45) is 0. The van der Waals surface area contributed by atoms with Crippen LogP contribution < -0.4 is 19.9 Å². The molecule has 0 amide bonds. The van der Waals surface area contributed by atoms with Crippen molar-refractivity contribution in [3.63, 3.8) is 0 Å². The molecule has 1 aliphatic heterocycles. The highest BCUT2D eigenvalue weighted by Gasteiger charge is 2.15. The molecule has 20 heavy (non-hydrogen) atoms. The second-order valence-corrected chi connectivity index (χ2v) is 4.17. The van der Waals surface area contributed by atoms with Gasteiger partial charge in [0.05, 0.1) is 5.56 Å². The minimum absolute atomic E-state index is 0.175. The molecule has 0 fully saturated rings. The van der Waals surface area contributed by atoms with Crippen LogP contribution >= 0.6 is 0 Å². The zero-order valence-corrected chi connectivity index (χ0v) is 10.4. The summed E-state index contributed by atoms with van der Waals surface area (Å²) in [5, 5.41) is 7.45. The highest BCUT2D eigenvalue weighted by atomic mass is 19.1. The van der Waals surface area contributed by atoms with E-state index in [0.717, 1.165) is 6.07 Å². The smallest absolute Gasteiger partial charge is 0.231 e. The lowest BCUT2D eigenvalue weighted by atomic mass is 10.2. The van der Waals surface area contributed by atoms with Gasteiger partial charge in [-0.3, -0.25) is 5.41 Å². The number of hydrogen-bond donors (Lipinski definition) is 2. The summed E-state index contributed by atoms with van der Waals surface area (Å²) >= 11 is 0. The summed E-state index contributed by atoms with van der Waals surface area (Å²) in [5.74, 6) is 1.27. The minimum Gasteiger partial charge on any atom is -0.456 e. The van der Waals surface area contributed by atoms with Crippen LogP contribution in [-0.4, -0.2) is 12.6 Å². The molecule has 0 aliphatic carbocycles. The van der Waals surface area contributed by atoms with Gasteiger partial charge in [0.2, 0.25) is 6.79 Å². The number of nitrogens with one attached hydrogen (secondary N) is 1. The number of benzene rings is 2. The molecule has 1 aliphatic rings. The number of ether oxygens (including phenoxy) is 3. The first-order valence-electron chi connectivity index (χ1n) is 5.85. The zero-order chi connectivity index (χ0) is 14.1. The SMILES string of the molecule is N=C(N)c1cc(F)ccc1Oc1ccc2c(c1)OCO2. The summed E-state index contributed by atoms with van der Waals surface area (Å²) in [5.41, 5.74) is 5.62. The third-order valence-corrected chi connectivity index (χ3v) is 2.80. The predicted octanol–water partition coefficient (Wildman–Crippen LogP) is 2.63. The Morgan fingerprint density at radius 3 is 2.75 bits per heavy atom. The number of halogens is 1. The molecular weight excluding hydrogens is 263 g/mol. The summed E-state index contributed by atoms with van der Waals surface area (Å²) in [7, 11) is 0. The standard InChI is InChI=1S/C14H11FN2O3/c15-8-1-3-11(10(5-8)14(16)17)20-9-2-4-12-13(6-9)19-7-18-12/h1-6H,7H2,(H3,16,17). The average Bonchev–Trinajstić information content (AvgIpc) is 2.88. The van der Waals surface area contributed by atoms with Crippen LogP contribution in [0.3, 0.4) is 0 Å². The van der Waals surface area contributed by atoms with E-state index in [0.29, 0.717) is 23.0 Å². The van der Waals surface area contributed by atoms with E-state index in [-0.39, 0.29) is 18.2 Å². The van der Waals surface area contributed by atoms with Crippen molar-refractivity contribution in [1.82, 2.24) is 0 Å². The van der Waals surface area contributed by atoms with E-state index in [1.54, 1.807) is 18.2 Å². The first-order valence-corrected chi connectivity index (χ1v) is 5.85. The van der Waals surface area contributed by atoms with Gasteiger partial charge < -0.3 is 19.9 Å². The first kappa shape index (κ1) is 12.3. The summed E-state index contributed by atoms with van der Waals surface area (Å²) in [6.45, 7) is 0.175. The Labute approximate surface area is 114 Å². The molecule has 0 saturated heterocycles. The van der Waals surface area contributed by atoms with Crippen LogP contribution in [0.15, 0.2) is 36.4 Å². The number of amidine groups is 1. The van der Waals surface area contributed by atoms with Gasteiger partial charge in [-0.25, -0.2) is 4.39 Å². The van der Waals surface area contributed by atoms with Crippen LogP contribution in [0.5, 0.6) is 23.0 Å². The Balaban J connectivity index is 1.93. The minimum atomic E-state index is -0.478. The molecule has 0 unspecified atom stereocenters. The maximum atomic E-state index is 13.2. The van der Waals surface area contributed by atoms with Crippen molar-refractivity contribution in [3.8, 4) is 23.0 Å². The van der Waals surface area contributed by atoms with Crippen molar-refractivity contribution in [2.45, 2.75) is 0 Å². The molecule has 6 heteroatoms. The molecule has 0 aromatic heterocycles. The Bertz CT molecular complexity index is 688. The Hall–Kier alpha value is -2.76. The molecule has 0 spiro atoms. The lowest BCUT2D eigenvalue weighted by Crippen LogP contribution is -2.12. The number of fused-ring (bicyclic) bond motifs is 1. The molecule has 2 aromatic rings. The third kappa shape index (κ3) is 2.23. The van der Waals surface area contributed by atoms with E-state index in [4.69, 9.17) is 25.4 Å². The van der Waals surface area contributed by atoms with Crippen LogP contribution in [-0.2, 0) is 0 Å². The van der Waals surface area contributed by atoms with Crippen LogP contribution in [0.1, 0.15) is 5.56 Å². The van der Waals surface area contributed by atoms with Gasteiger partial charge in [0.1, 0.15) is 23.2 Å². The molecule has 2 aromatic carbocycles. The molecule has 3 rings (SSSR count). The average molecular weight is 274 g/mol. The monoisotopic (exact) mass is 274 g/mol. The number of rotatable bonds is 3. The summed E-state index contributed by atoms with van der Waals surface area (Å²) in [6, 6.07) is 8.90. The Kier molecular flexibility index (Phi) is 2.90. The van der Waals surface area contributed by atoms with Gasteiger partial charge >= 0.3 is 0 Å². The van der Waals surface area contributed by atoms with E-state index < -0.39 is 5.82 Å². The van der Waals surface area contributed by atoms with Gasteiger partial charge in [-0.15, -0.1) is 0 Å². The molecule has 102 valence electrons. The Morgan fingerprint density at radius 2 is 1.95 bits per heavy atom. The molecular formula is C14H11FN2O3. The van der Waals surface area contributed by atoms with Gasteiger partial charge in [0.15, 0.2) is 11.5 Å². The number of nitrogen functional groups attached to an aromatic ring is 1.